The van der Waals surface area contributed by atoms with Gasteiger partial charge < -0.3 is 4.74 Å². The molecule has 94 valence electrons. The summed E-state index contributed by atoms with van der Waals surface area (Å²) in [5.41, 5.74) is 0.745. The highest BCUT2D eigenvalue weighted by Crippen LogP contribution is 2.20. The number of halogens is 2. The third kappa shape index (κ3) is 3.27. The highest BCUT2D eigenvalue weighted by molar-refractivity contribution is 9.10. The first-order valence-corrected chi connectivity index (χ1v) is 6.65. The lowest BCUT2D eigenvalue weighted by Crippen LogP contribution is -2.46. The Labute approximate surface area is 110 Å². The smallest absolute Gasteiger partial charge is 0.128 e. The molecular formula is C13H17BrFNO. The third-order valence-corrected chi connectivity index (χ3v) is 3.62. The highest BCUT2D eigenvalue weighted by Gasteiger charge is 2.24. The number of nitrogens with zero attached hydrogens (tertiary/aromatic N) is 1. The lowest BCUT2D eigenvalue weighted by atomic mass is 10.1. The van der Waals surface area contributed by atoms with Crippen molar-refractivity contribution >= 4 is 15.9 Å². The maximum absolute atomic E-state index is 13.7. The quantitative estimate of drug-likeness (QED) is 0.832. The summed E-state index contributed by atoms with van der Waals surface area (Å²) in [6.07, 6.45) is 0.227. The van der Waals surface area contributed by atoms with Gasteiger partial charge in [0, 0.05) is 29.2 Å². The Morgan fingerprint density at radius 1 is 1.47 bits per heavy atom. The zero-order valence-corrected chi connectivity index (χ0v) is 11.7. The van der Waals surface area contributed by atoms with E-state index in [0.29, 0.717) is 12.6 Å². The summed E-state index contributed by atoms with van der Waals surface area (Å²) in [6, 6.07) is 5.58. The molecule has 2 atom stereocenters. The van der Waals surface area contributed by atoms with Crippen LogP contribution in [0.2, 0.25) is 0 Å². The van der Waals surface area contributed by atoms with Gasteiger partial charge in [-0.1, -0.05) is 22.0 Å². The third-order valence-electron chi connectivity index (χ3n) is 3.13. The molecule has 1 fully saturated rings. The summed E-state index contributed by atoms with van der Waals surface area (Å²) in [5.74, 6) is -0.147. The van der Waals surface area contributed by atoms with Gasteiger partial charge in [-0.2, -0.15) is 0 Å². The van der Waals surface area contributed by atoms with E-state index in [1.165, 1.54) is 6.07 Å². The minimum atomic E-state index is -0.147. The normalized spacial score (nSPS) is 26.1. The molecule has 0 N–H and O–H groups in total. The van der Waals surface area contributed by atoms with Crippen LogP contribution in [0, 0.1) is 5.82 Å². The largest absolute Gasteiger partial charge is 0.376 e. The molecule has 4 heteroatoms. The van der Waals surface area contributed by atoms with Crippen LogP contribution >= 0.6 is 15.9 Å². The van der Waals surface area contributed by atoms with E-state index in [4.69, 9.17) is 4.74 Å². The van der Waals surface area contributed by atoms with Gasteiger partial charge in [0.2, 0.25) is 0 Å². The van der Waals surface area contributed by atoms with Crippen molar-refractivity contribution < 1.29 is 9.13 Å². The Morgan fingerprint density at radius 2 is 2.24 bits per heavy atom. The summed E-state index contributed by atoms with van der Waals surface area (Å²) in [5, 5.41) is 0. The molecule has 0 aromatic heterocycles. The SMILES string of the molecule is CC1CN(Cc2ccc(Br)cc2F)C(C)CO1. The number of rotatable bonds is 2. The Kier molecular flexibility index (Phi) is 4.17. The van der Waals surface area contributed by atoms with E-state index >= 15 is 0 Å². The fraction of sp³-hybridized carbons (Fsp3) is 0.538. The molecule has 0 radical (unpaired) electrons. The fourth-order valence-electron chi connectivity index (χ4n) is 2.06. The van der Waals surface area contributed by atoms with E-state index in [2.05, 4.69) is 34.7 Å². The predicted molar refractivity (Wildman–Crippen MR) is 69.4 cm³/mol. The van der Waals surface area contributed by atoms with E-state index in [9.17, 15) is 4.39 Å². The first-order valence-electron chi connectivity index (χ1n) is 5.86. The van der Waals surface area contributed by atoms with Crippen LogP contribution in [0.25, 0.3) is 0 Å². The van der Waals surface area contributed by atoms with Gasteiger partial charge in [-0.15, -0.1) is 0 Å². The predicted octanol–water partition coefficient (Wildman–Crippen LogP) is 3.20. The van der Waals surface area contributed by atoms with Crippen molar-refractivity contribution in [3.63, 3.8) is 0 Å². The zero-order chi connectivity index (χ0) is 12.4. The van der Waals surface area contributed by atoms with Crippen LogP contribution in [-0.4, -0.2) is 30.2 Å². The van der Waals surface area contributed by atoms with Gasteiger partial charge in [-0.05, 0) is 26.0 Å². The molecule has 0 bridgehead atoms. The van der Waals surface area contributed by atoms with Gasteiger partial charge in [0.25, 0.3) is 0 Å². The molecule has 0 saturated carbocycles. The maximum Gasteiger partial charge on any atom is 0.128 e. The number of benzene rings is 1. The zero-order valence-electron chi connectivity index (χ0n) is 10.1. The molecule has 2 nitrogen and oxygen atoms in total. The lowest BCUT2D eigenvalue weighted by molar-refractivity contribution is -0.0529. The minimum absolute atomic E-state index is 0.147. The monoisotopic (exact) mass is 301 g/mol. The van der Waals surface area contributed by atoms with Crippen molar-refractivity contribution in [2.75, 3.05) is 13.2 Å². The first kappa shape index (κ1) is 13.0. The molecule has 1 aliphatic rings. The van der Waals surface area contributed by atoms with Gasteiger partial charge in [0.1, 0.15) is 5.82 Å². The van der Waals surface area contributed by atoms with Gasteiger partial charge in [-0.25, -0.2) is 4.39 Å². The molecule has 0 spiro atoms. The first-order chi connectivity index (χ1) is 8.06. The topological polar surface area (TPSA) is 12.5 Å². The average molecular weight is 302 g/mol. The van der Waals surface area contributed by atoms with Crippen LogP contribution in [0.3, 0.4) is 0 Å². The maximum atomic E-state index is 13.7. The molecule has 0 aliphatic carbocycles. The van der Waals surface area contributed by atoms with Crippen molar-refractivity contribution in [2.45, 2.75) is 32.5 Å². The molecule has 2 rings (SSSR count). The highest BCUT2D eigenvalue weighted by atomic mass is 79.9. The van der Waals surface area contributed by atoms with Crippen molar-refractivity contribution in [2.24, 2.45) is 0 Å². The van der Waals surface area contributed by atoms with E-state index in [-0.39, 0.29) is 11.9 Å². The molecule has 1 aromatic carbocycles. The van der Waals surface area contributed by atoms with Crippen molar-refractivity contribution in [3.05, 3.63) is 34.1 Å². The Bertz CT molecular complexity index is 399. The van der Waals surface area contributed by atoms with Crippen LogP contribution in [-0.2, 0) is 11.3 Å². The van der Waals surface area contributed by atoms with Crippen LogP contribution in [0.15, 0.2) is 22.7 Å². The second kappa shape index (κ2) is 5.46. The molecule has 17 heavy (non-hydrogen) atoms. The molecule has 1 aromatic rings. The molecule has 2 unspecified atom stereocenters. The summed E-state index contributed by atoms with van der Waals surface area (Å²) >= 11 is 3.27. The summed E-state index contributed by atoms with van der Waals surface area (Å²) in [7, 11) is 0. The van der Waals surface area contributed by atoms with E-state index in [1.54, 1.807) is 0 Å². The number of ether oxygens (including phenoxy) is 1. The standard InChI is InChI=1S/C13H17BrFNO/c1-9-8-17-10(2)6-16(9)7-11-3-4-12(14)5-13(11)15/h3-5,9-10H,6-8H2,1-2H3. The van der Waals surface area contributed by atoms with Crippen molar-refractivity contribution in [1.82, 2.24) is 4.90 Å². The summed E-state index contributed by atoms with van der Waals surface area (Å²) in [6.45, 7) is 6.39. The molecule has 1 aliphatic heterocycles. The van der Waals surface area contributed by atoms with E-state index in [0.717, 1.165) is 23.2 Å². The second-order valence-electron chi connectivity index (χ2n) is 4.66. The van der Waals surface area contributed by atoms with Gasteiger partial charge >= 0.3 is 0 Å². The number of hydrogen-bond donors (Lipinski definition) is 0. The molecule has 0 amide bonds. The van der Waals surface area contributed by atoms with Crippen LogP contribution in [0.4, 0.5) is 4.39 Å². The number of hydrogen-bond acceptors (Lipinski definition) is 2. The molecular weight excluding hydrogens is 285 g/mol. The van der Waals surface area contributed by atoms with Gasteiger partial charge in [-0.3, -0.25) is 4.90 Å². The van der Waals surface area contributed by atoms with Crippen LogP contribution < -0.4 is 0 Å². The Morgan fingerprint density at radius 3 is 2.94 bits per heavy atom. The van der Waals surface area contributed by atoms with Gasteiger partial charge in [0.15, 0.2) is 0 Å². The van der Waals surface area contributed by atoms with Crippen LogP contribution in [0.1, 0.15) is 19.4 Å². The summed E-state index contributed by atoms with van der Waals surface area (Å²) < 4.78 is 20.1. The average Bonchev–Trinajstić information content (AvgIpc) is 2.27. The Hall–Kier alpha value is -0.450. The van der Waals surface area contributed by atoms with E-state index < -0.39 is 0 Å². The van der Waals surface area contributed by atoms with E-state index in [1.807, 2.05) is 12.1 Å². The minimum Gasteiger partial charge on any atom is -0.376 e. The van der Waals surface area contributed by atoms with Crippen molar-refractivity contribution in [3.8, 4) is 0 Å². The fourth-order valence-corrected chi connectivity index (χ4v) is 2.39. The molecule has 1 saturated heterocycles. The molecule has 1 heterocycles. The van der Waals surface area contributed by atoms with Gasteiger partial charge in [0.05, 0.1) is 12.7 Å². The van der Waals surface area contributed by atoms with Crippen molar-refractivity contribution in [1.29, 1.82) is 0 Å². The number of morpholine rings is 1. The second-order valence-corrected chi connectivity index (χ2v) is 5.57. The Balaban J connectivity index is 2.08. The van der Waals surface area contributed by atoms with Crippen LogP contribution in [0.5, 0.6) is 0 Å². The summed E-state index contributed by atoms with van der Waals surface area (Å²) in [4.78, 5) is 2.26. The lowest BCUT2D eigenvalue weighted by Gasteiger charge is -2.36.